The fourth-order valence-corrected chi connectivity index (χ4v) is 3.31. The number of para-hydroxylation sites is 1. The lowest BCUT2D eigenvalue weighted by Crippen LogP contribution is -2.36. The van der Waals surface area contributed by atoms with E-state index in [1.165, 1.54) is 63.8 Å². The molecule has 1 atom stereocenters. The van der Waals surface area contributed by atoms with Crippen molar-refractivity contribution in [2.75, 3.05) is 24.5 Å². The smallest absolute Gasteiger partial charge is 0.0399 e. The molecule has 1 N–H and O–H groups in total. The van der Waals surface area contributed by atoms with E-state index in [0.29, 0.717) is 6.04 Å². The Bertz CT molecular complexity index is 376. The van der Waals surface area contributed by atoms with Gasteiger partial charge in [-0.3, -0.25) is 0 Å². The summed E-state index contributed by atoms with van der Waals surface area (Å²) in [4.78, 5) is 2.57. The third-order valence-electron chi connectivity index (χ3n) is 4.32. The minimum atomic E-state index is 0.697. The fourth-order valence-electron chi connectivity index (χ4n) is 3.31. The van der Waals surface area contributed by atoms with Crippen LogP contribution in [0, 0.1) is 0 Å². The van der Waals surface area contributed by atoms with E-state index in [4.69, 9.17) is 0 Å². The molecule has 2 heterocycles. The second-order valence-corrected chi connectivity index (χ2v) is 5.67. The van der Waals surface area contributed by atoms with Crippen LogP contribution in [0.15, 0.2) is 24.3 Å². The zero-order valence-electron chi connectivity index (χ0n) is 11.2. The fraction of sp³-hybridized carbons (Fsp3) is 0.625. The van der Waals surface area contributed by atoms with Gasteiger partial charge in [0.05, 0.1) is 0 Å². The van der Waals surface area contributed by atoms with Crippen LogP contribution in [0.5, 0.6) is 0 Å². The molecule has 1 aromatic carbocycles. The van der Waals surface area contributed by atoms with Gasteiger partial charge in [-0.15, -0.1) is 0 Å². The molecule has 2 fully saturated rings. The van der Waals surface area contributed by atoms with Gasteiger partial charge in [0.15, 0.2) is 0 Å². The van der Waals surface area contributed by atoms with Crippen LogP contribution in [0.2, 0.25) is 0 Å². The lowest BCUT2D eigenvalue weighted by molar-refractivity contribution is 0.399. The average Bonchev–Trinajstić information content (AvgIpc) is 2.94. The average molecular weight is 244 g/mol. The third-order valence-corrected chi connectivity index (χ3v) is 4.32. The Morgan fingerprint density at radius 1 is 1.06 bits per heavy atom. The van der Waals surface area contributed by atoms with Crippen molar-refractivity contribution in [3.63, 3.8) is 0 Å². The van der Waals surface area contributed by atoms with Gasteiger partial charge in [-0.2, -0.15) is 0 Å². The molecule has 2 heteroatoms. The molecule has 0 amide bonds. The van der Waals surface area contributed by atoms with E-state index in [0.717, 1.165) is 0 Å². The summed E-state index contributed by atoms with van der Waals surface area (Å²) in [7, 11) is 0. The Kier molecular flexibility index (Phi) is 3.84. The van der Waals surface area contributed by atoms with Crippen molar-refractivity contribution in [1.82, 2.24) is 5.32 Å². The maximum Gasteiger partial charge on any atom is 0.0399 e. The van der Waals surface area contributed by atoms with Gasteiger partial charge >= 0.3 is 0 Å². The highest BCUT2D eigenvalue weighted by Gasteiger charge is 2.18. The summed E-state index contributed by atoms with van der Waals surface area (Å²) in [6.45, 7) is 3.70. The van der Waals surface area contributed by atoms with Gasteiger partial charge < -0.3 is 10.2 Å². The largest absolute Gasteiger partial charge is 0.371 e. The van der Waals surface area contributed by atoms with Crippen LogP contribution in [0.1, 0.15) is 37.7 Å². The van der Waals surface area contributed by atoms with E-state index in [-0.39, 0.29) is 0 Å². The van der Waals surface area contributed by atoms with Gasteiger partial charge in [-0.1, -0.05) is 24.6 Å². The number of hydrogen-bond acceptors (Lipinski definition) is 2. The van der Waals surface area contributed by atoms with Crippen LogP contribution in [-0.4, -0.2) is 25.7 Å². The highest BCUT2D eigenvalue weighted by Crippen LogP contribution is 2.26. The predicted molar refractivity (Wildman–Crippen MR) is 77.2 cm³/mol. The van der Waals surface area contributed by atoms with Gasteiger partial charge in [0.2, 0.25) is 0 Å². The van der Waals surface area contributed by atoms with Crippen LogP contribution >= 0.6 is 0 Å². The topological polar surface area (TPSA) is 15.3 Å². The quantitative estimate of drug-likeness (QED) is 0.879. The molecule has 0 aliphatic carbocycles. The minimum absolute atomic E-state index is 0.697. The van der Waals surface area contributed by atoms with E-state index in [2.05, 4.69) is 34.5 Å². The van der Waals surface area contributed by atoms with Gasteiger partial charge in [-0.05, 0) is 50.3 Å². The molecule has 2 aliphatic rings. The summed E-state index contributed by atoms with van der Waals surface area (Å²) < 4.78 is 0. The summed E-state index contributed by atoms with van der Waals surface area (Å²) in [6.07, 6.45) is 8.00. The van der Waals surface area contributed by atoms with E-state index in [1.54, 1.807) is 5.56 Å². The monoisotopic (exact) mass is 244 g/mol. The zero-order chi connectivity index (χ0) is 12.2. The molecule has 0 bridgehead atoms. The lowest BCUT2D eigenvalue weighted by Gasteiger charge is -2.27. The summed E-state index contributed by atoms with van der Waals surface area (Å²) in [5, 5.41) is 3.67. The zero-order valence-corrected chi connectivity index (χ0v) is 11.2. The number of nitrogens with zero attached hydrogens (tertiary/aromatic N) is 1. The Morgan fingerprint density at radius 3 is 2.67 bits per heavy atom. The number of benzene rings is 1. The van der Waals surface area contributed by atoms with Gasteiger partial charge in [0.25, 0.3) is 0 Å². The van der Waals surface area contributed by atoms with Crippen LogP contribution in [0.25, 0.3) is 0 Å². The summed E-state index contributed by atoms with van der Waals surface area (Å²) in [6, 6.07) is 9.71. The van der Waals surface area contributed by atoms with Crippen molar-refractivity contribution in [2.45, 2.75) is 44.6 Å². The van der Waals surface area contributed by atoms with E-state index in [1.807, 2.05) is 0 Å². The molecular weight excluding hydrogens is 220 g/mol. The van der Waals surface area contributed by atoms with E-state index < -0.39 is 0 Å². The molecule has 0 radical (unpaired) electrons. The number of hydrogen-bond donors (Lipinski definition) is 1. The molecule has 0 aromatic heterocycles. The second kappa shape index (κ2) is 5.75. The van der Waals surface area contributed by atoms with Gasteiger partial charge in [0, 0.05) is 24.8 Å². The summed E-state index contributed by atoms with van der Waals surface area (Å²) >= 11 is 0. The van der Waals surface area contributed by atoms with Crippen molar-refractivity contribution in [3.05, 3.63) is 29.8 Å². The van der Waals surface area contributed by atoms with Crippen LogP contribution in [0.4, 0.5) is 5.69 Å². The Hall–Kier alpha value is -1.02. The first kappa shape index (κ1) is 12.0. The molecule has 1 unspecified atom stereocenters. The van der Waals surface area contributed by atoms with Crippen molar-refractivity contribution in [3.8, 4) is 0 Å². The van der Waals surface area contributed by atoms with Gasteiger partial charge in [0.1, 0.15) is 0 Å². The highest BCUT2D eigenvalue weighted by atomic mass is 15.1. The molecule has 2 saturated heterocycles. The lowest BCUT2D eigenvalue weighted by atomic mass is 9.96. The van der Waals surface area contributed by atoms with E-state index >= 15 is 0 Å². The number of piperidine rings is 1. The Balaban J connectivity index is 1.73. The van der Waals surface area contributed by atoms with Crippen molar-refractivity contribution >= 4 is 5.69 Å². The third kappa shape index (κ3) is 2.69. The molecule has 2 nitrogen and oxygen atoms in total. The summed E-state index contributed by atoms with van der Waals surface area (Å²) in [5.74, 6) is 0. The molecule has 0 saturated carbocycles. The van der Waals surface area contributed by atoms with Crippen LogP contribution < -0.4 is 10.2 Å². The standard InChI is InChI=1S/C16H24N2/c1-2-9-16(18-11-5-6-12-18)14(7-1)13-15-8-3-4-10-17-15/h1-2,7,9,15,17H,3-6,8,10-13H2. The SMILES string of the molecule is c1ccc(N2CCCC2)c(CC2CCCCN2)c1. The number of nitrogens with one attached hydrogen (secondary N) is 1. The molecule has 1 aromatic rings. The highest BCUT2D eigenvalue weighted by molar-refractivity contribution is 5.54. The first-order chi connectivity index (χ1) is 8.93. The molecule has 18 heavy (non-hydrogen) atoms. The molecule has 98 valence electrons. The van der Waals surface area contributed by atoms with Crippen LogP contribution in [-0.2, 0) is 6.42 Å². The van der Waals surface area contributed by atoms with Crippen molar-refractivity contribution in [1.29, 1.82) is 0 Å². The molecular formula is C16H24N2. The minimum Gasteiger partial charge on any atom is -0.371 e. The van der Waals surface area contributed by atoms with E-state index in [9.17, 15) is 0 Å². The number of rotatable bonds is 3. The molecule has 2 aliphatic heterocycles. The van der Waals surface area contributed by atoms with Crippen molar-refractivity contribution < 1.29 is 0 Å². The Morgan fingerprint density at radius 2 is 1.89 bits per heavy atom. The Labute approximate surface area is 110 Å². The van der Waals surface area contributed by atoms with Crippen molar-refractivity contribution in [2.24, 2.45) is 0 Å². The number of anilines is 1. The first-order valence-electron chi connectivity index (χ1n) is 7.50. The molecule has 3 rings (SSSR count). The predicted octanol–water partition coefficient (Wildman–Crippen LogP) is 2.97. The first-order valence-corrected chi connectivity index (χ1v) is 7.50. The van der Waals surface area contributed by atoms with Gasteiger partial charge in [-0.25, -0.2) is 0 Å². The maximum atomic E-state index is 3.67. The normalized spacial score (nSPS) is 24.4. The maximum absolute atomic E-state index is 3.67. The summed E-state index contributed by atoms with van der Waals surface area (Å²) in [5.41, 5.74) is 3.03. The molecule has 0 spiro atoms. The van der Waals surface area contributed by atoms with Crippen LogP contribution in [0.3, 0.4) is 0 Å². The second-order valence-electron chi connectivity index (χ2n) is 5.67.